The summed E-state index contributed by atoms with van der Waals surface area (Å²) in [6.45, 7) is 2.31. The molecule has 0 fully saturated rings. The highest BCUT2D eigenvalue weighted by Crippen LogP contribution is 2.33. The molecular formula is C7H9BrN2O2. The van der Waals surface area contributed by atoms with E-state index in [-0.39, 0.29) is 0 Å². The van der Waals surface area contributed by atoms with Gasteiger partial charge in [0.2, 0.25) is 4.51 Å². The van der Waals surface area contributed by atoms with Gasteiger partial charge in [0.25, 0.3) is 6.47 Å². The summed E-state index contributed by atoms with van der Waals surface area (Å²) in [5, 5.41) is 6.57. The largest absolute Gasteiger partial charge is 0.443 e. The van der Waals surface area contributed by atoms with E-state index < -0.39 is 4.51 Å². The third kappa shape index (κ3) is 1.66. The Hall–Kier alpha value is -0.840. The summed E-state index contributed by atoms with van der Waals surface area (Å²) >= 11 is 3.30. The van der Waals surface area contributed by atoms with Crippen molar-refractivity contribution in [1.29, 1.82) is 0 Å². The van der Waals surface area contributed by atoms with Crippen molar-refractivity contribution in [2.24, 2.45) is 0 Å². The molecule has 0 aromatic carbocycles. The lowest BCUT2D eigenvalue weighted by molar-refractivity contribution is -0.136. The van der Waals surface area contributed by atoms with Crippen LogP contribution in [0, 0.1) is 0 Å². The van der Waals surface area contributed by atoms with Crippen LogP contribution < -0.4 is 0 Å². The molecule has 4 nitrogen and oxygen atoms in total. The average Bonchev–Trinajstić information content (AvgIpc) is 2.57. The number of nitrogens with zero attached hydrogens (tertiary/aromatic N) is 1. The summed E-state index contributed by atoms with van der Waals surface area (Å²) < 4.78 is 4.09. The second-order valence-electron chi connectivity index (χ2n) is 2.26. The van der Waals surface area contributed by atoms with Gasteiger partial charge in [-0.3, -0.25) is 9.89 Å². The predicted molar refractivity (Wildman–Crippen MR) is 46.6 cm³/mol. The second-order valence-corrected chi connectivity index (χ2v) is 3.54. The van der Waals surface area contributed by atoms with Gasteiger partial charge >= 0.3 is 0 Å². The monoisotopic (exact) mass is 232 g/mol. The molecule has 1 N–H and O–H groups in total. The Labute approximate surface area is 78.4 Å². The first-order valence-corrected chi connectivity index (χ1v) is 4.33. The van der Waals surface area contributed by atoms with Crippen LogP contribution in [0.3, 0.4) is 0 Å². The molecule has 1 aromatic heterocycles. The molecule has 0 bridgehead atoms. The fourth-order valence-corrected chi connectivity index (χ4v) is 1.17. The summed E-state index contributed by atoms with van der Waals surface area (Å²) in [4.78, 5) is 10.2. The minimum absolute atomic E-state index is 0.410. The maximum Gasteiger partial charge on any atom is 0.294 e. The van der Waals surface area contributed by atoms with Crippen molar-refractivity contribution in [3.05, 3.63) is 18.0 Å². The molecule has 0 amide bonds. The Kier molecular flexibility index (Phi) is 2.86. The average molecular weight is 233 g/mol. The Morgan fingerprint density at radius 3 is 3.08 bits per heavy atom. The highest BCUT2D eigenvalue weighted by atomic mass is 79.9. The SMILES string of the molecule is CCC(Br)(OC=O)c1cc[nH]n1. The number of hydrogen-bond acceptors (Lipinski definition) is 3. The van der Waals surface area contributed by atoms with Crippen molar-refractivity contribution >= 4 is 22.4 Å². The normalized spacial score (nSPS) is 15.2. The Morgan fingerprint density at radius 1 is 1.92 bits per heavy atom. The molecule has 1 rings (SSSR count). The van der Waals surface area contributed by atoms with Crippen LogP contribution in [0.1, 0.15) is 19.0 Å². The second kappa shape index (κ2) is 3.71. The molecule has 1 unspecified atom stereocenters. The van der Waals surface area contributed by atoms with Crippen LogP contribution in [0.15, 0.2) is 12.3 Å². The molecule has 12 heavy (non-hydrogen) atoms. The highest BCUT2D eigenvalue weighted by molar-refractivity contribution is 9.09. The van der Waals surface area contributed by atoms with Crippen molar-refractivity contribution in [3.63, 3.8) is 0 Å². The van der Waals surface area contributed by atoms with Crippen LogP contribution in [-0.4, -0.2) is 16.7 Å². The van der Waals surface area contributed by atoms with Gasteiger partial charge in [-0.15, -0.1) is 0 Å². The fraction of sp³-hybridized carbons (Fsp3) is 0.429. The number of carbonyl (C=O) groups is 1. The van der Waals surface area contributed by atoms with Crippen molar-refractivity contribution in [3.8, 4) is 0 Å². The van der Waals surface area contributed by atoms with Crippen LogP contribution >= 0.6 is 15.9 Å². The summed E-state index contributed by atoms with van der Waals surface area (Å²) in [6.07, 6.45) is 2.30. The third-order valence-corrected chi connectivity index (χ3v) is 2.73. The van der Waals surface area contributed by atoms with Crippen molar-refractivity contribution in [1.82, 2.24) is 10.2 Å². The maximum absolute atomic E-state index is 10.2. The van der Waals surface area contributed by atoms with E-state index in [1.165, 1.54) is 0 Å². The first-order valence-electron chi connectivity index (χ1n) is 3.53. The van der Waals surface area contributed by atoms with Gasteiger partial charge in [0.1, 0.15) is 5.69 Å². The van der Waals surface area contributed by atoms with Gasteiger partial charge in [0.15, 0.2) is 0 Å². The predicted octanol–water partition coefficient (Wildman–Crippen LogP) is 1.54. The molecule has 0 radical (unpaired) electrons. The molecule has 0 aliphatic heterocycles. The van der Waals surface area contributed by atoms with Crippen LogP contribution in [0.5, 0.6) is 0 Å². The number of rotatable bonds is 4. The zero-order valence-electron chi connectivity index (χ0n) is 6.58. The molecule has 0 aliphatic carbocycles. The van der Waals surface area contributed by atoms with E-state index in [9.17, 15) is 4.79 Å². The van der Waals surface area contributed by atoms with Crippen molar-refractivity contribution in [2.45, 2.75) is 17.9 Å². The minimum Gasteiger partial charge on any atom is -0.443 e. The number of nitrogens with one attached hydrogen (secondary N) is 1. The number of carbonyl (C=O) groups excluding carboxylic acids is 1. The van der Waals surface area contributed by atoms with E-state index in [1.54, 1.807) is 12.3 Å². The number of aromatic amines is 1. The zero-order valence-corrected chi connectivity index (χ0v) is 8.17. The molecule has 1 aromatic rings. The summed E-state index contributed by atoms with van der Waals surface area (Å²) in [5.74, 6) is 0. The van der Waals surface area contributed by atoms with E-state index in [1.807, 2.05) is 6.92 Å². The van der Waals surface area contributed by atoms with E-state index in [0.29, 0.717) is 18.6 Å². The lowest BCUT2D eigenvalue weighted by Crippen LogP contribution is -2.21. The Morgan fingerprint density at radius 2 is 2.67 bits per heavy atom. The standard InChI is InChI=1S/C7H9BrN2O2/c1-2-7(8,12-5-11)6-3-4-9-10-6/h3-5H,2H2,1H3,(H,9,10). The molecule has 0 saturated carbocycles. The lowest BCUT2D eigenvalue weighted by atomic mass is 10.2. The molecule has 0 aliphatic rings. The van der Waals surface area contributed by atoms with Gasteiger partial charge in [0, 0.05) is 12.6 Å². The first kappa shape index (κ1) is 9.25. The quantitative estimate of drug-likeness (QED) is 0.633. The number of H-pyrrole nitrogens is 1. The van der Waals surface area contributed by atoms with E-state index in [0.717, 1.165) is 0 Å². The molecule has 1 heterocycles. The molecular weight excluding hydrogens is 224 g/mol. The molecule has 1 atom stereocenters. The number of ether oxygens (including phenoxy) is 1. The lowest BCUT2D eigenvalue weighted by Gasteiger charge is -2.20. The van der Waals surface area contributed by atoms with E-state index in [4.69, 9.17) is 4.74 Å². The zero-order chi connectivity index (χ0) is 9.03. The summed E-state index contributed by atoms with van der Waals surface area (Å²) in [6, 6.07) is 1.75. The number of aromatic nitrogens is 2. The van der Waals surface area contributed by atoms with Gasteiger partial charge in [-0.2, -0.15) is 5.10 Å². The summed E-state index contributed by atoms with van der Waals surface area (Å²) in [7, 11) is 0. The van der Waals surface area contributed by atoms with Crippen LogP contribution in [0.4, 0.5) is 0 Å². The molecule has 5 heteroatoms. The maximum atomic E-state index is 10.2. The minimum atomic E-state index is -0.783. The summed E-state index contributed by atoms with van der Waals surface area (Å²) in [5.41, 5.74) is 0.664. The molecule has 66 valence electrons. The smallest absolute Gasteiger partial charge is 0.294 e. The number of halogens is 1. The van der Waals surface area contributed by atoms with Gasteiger partial charge in [0.05, 0.1) is 0 Å². The van der Waals surface area contributed by atoms with Crippen LogP contribution in [-0.2, 0) is 14.0 Å². The van der Waals surface area contributed by atoms with Crippen LogP contribution in [0.25, 0.3) is 0 Å². The number of hydrogen-bond donors (Lipinski definition) is 1. The topological polar surface area (TPSA) is 55.0 Å². The first-order chi connectivity index (χ1) is 5.73. The van der Waals surface area contributed by atoms with Gasteiger partial charge in [-0.05, 0) is 22.0 Å². The van der Waals surface area contributed by atoms with E-state index in [2.05, 4.69) is 26.1 Å². The van der Waals surface area contributed by atoms with Gasteiger partial charge < -0.3 is 4.74 Å². The van der Waals surface area contributed by atoms with Crippen LogP contribution in [0.2, 0.25) is 0 Å². The molecule has 0 spiro atoms. The number of alkyl halides is 1. The molecule has 0 saturated heterocycles. The van der Waals surface area contributed by atoms with Crippen molar-refractivity contribution in [2.75, 3.05) is 0 Å². The highest BCUT2D eigenvalue weighted by Gasteiger charge is 2.30. The van der Waals surface area contributed by atoms with Gasteiger partial charge in [-0.25, -0.2) is 0 Å². The fourth-order valence-electron chi connectivity index (χ4n) is 0.869. The van der Waals surface area contributed by atoms with Gasteiger partial charge in [-0.1, -0.05) is 6.92 Å². The van der Waals surface area contributed by atoms with E-state index >= 15 is 0 Å². The Bertz CT molecular complexity index is 250. The van der Waals surface area contributed by atoms with Crippen molar-refractivity contribution < 1.29 is 9.53 Å². The third-order valence-electron chi connectivity index (χ3n) is 1.57. The Balaban J connectivity index is 2.87.